The molecule has 1 atom stereocenters. The molecule has 3 heteroatoms. The van der Waals surface area contributed by atoms with Gasteiger partial charge in [0.05, 0.1) is 5.71 Å². The molecule has 0 radical (unpaired) electrons. The van der Waals surface area contributed by atoms with Gasteiger partial charge >= 0.3 is 0 Å². The lowest BCUT2D eigenvalue weighted by Gasteiger charge is -2.13. The van der Waals surface area contributed by atoms with Crippen LogP contribution in [0.3, 0.4) is 0 Å². The van der Waals surface area contributed by atoms with Crippen LogP contribution in [0.15, 0.2) is 84.0 Å². The van der Waals surface area contributed by atoms with E-state index < -0.39 is 0 Å². The maximum Gasteiger partial charge on any atom is 0.119 e. The predicted molar refractivity (Wildman–Crippen MR) is 108 cm³/mol. The molecular weight excluding hydrogens is 334 g/mol. The molecule has 3 aromatic rings. The fourth-order valence-electron chi connectivity index (χ4n) is 3.67. The normalized spacial score (nSPS) is 16.9. The Morgan fingerprint density at radius 2 is 1.59 bits per heavy atom. The van der Waals surface area contributed by atoms with Crippen LogP contribution in [0, 0.1) is 0 Å². The highest BCUT2D eigenvalue weighted by atomic mass is 16.6. The Morgan fingerprint density at radius 1 is 0.852 bits per heavy atom. The molecule has 0 aliphatic heterocycles. The highest BCUT2D eigenvalue weighted by molar-refractivity contribution is 5.96. The highest BCUT2D eigenvalue weighted by Crippen LogP contribution is 2.34. The summed E-state index contributed by atoms with van der Waals surface area (Å²) in [6.07, 6.45) is 1.78. The molecule has 0 amide bonds. The van der Waals surface area contributed by atoms with Gasteiger partial charge < -0.3 is 9.57 Å². The van der Waals surface area contributed by atoms with E-state index >= 15 is 0 Å². The Kier molecular flexibility index (Phi) is 5.20. The molecule has 3 aromatic carbocycles. The molecular formula is C24H23NO2. The zero-order chi connectivity index (χ0) is 18.5. The second-order valence-corrected chi connectivity index (χ2v) is 6.82. The summed E-state index contributed by atoms with van der Waals surface area (Å²) in [5.41, 5.74) is 6.25. The average molecular weight is 357 g/mol. The van der Waals surface area contributed by atoms with Crippen molar-refractivity contribution < 1.29 is 9.57 Å². The van der Waals surface area contributed by atoms with E-state index in [1.807, 2.05) is 30.3 Å². The van der Waals surface area contributed by atoms with Crippen LogP contribution in [-0.2, 0) is 24.3 Å². The van der Waals surface area contributed by atoms with Crippen LogP contribution in [0.1, 0.15) is 28.2 Å². The van der Waals surface area contributed by atoms with Crippen LogP contribution >= 0.6 is 0 Å². The van der Waals surface area contributed by atoms with Gasteiger partial charge in [0.1, 0.15) is 19.5 Å². The average Bonchev–Trinajstić information content (AvgIpc) is 3.06. The highest BCUT2D eigenvalue weighted by Gasteiger charge is 2.29. The smallest absolute Gasteiger partial charge is 0.119 e. The predicted octanol–water partition coefficient (Wildman–Crippen LogP) is 5.15. The summed E-state index contributed by atoms with van der Waals surface area (Å²) in [6, 6.07) is 27.2. The molecule has 0 saturated heterocycles. The van der Waals surface area contributed by atoms with Crippen molar-refractivity contribution in [2.45, 2.75) is 25.4 Å². The Labute approximate surface area is 160 Å². The zero-order valence-electron chi connectivity index (χ0n) is 15.5. The molecule has 0 N–H and O–H groups in total. The molecule has 1 aliphatic carbocycles. The van der Waals surface area contributed by atoms with Crippen LogP contribution in [-0.4, -0.2) is 12.8 Å². The Hall–Kier alpha value is -3.07. The molecule has 3 nitrogen and oxygen atoms in total. The third-order valence-corrected chi connectivity index (χ3v) is 5.02. The van der Waals surface area contributed by atoms with E-state index in [9.17, 15) is 0 Å². The van der Waals surface area contributed by atoms with Gasteiger partial charge in [0.2, 0.25) is 0 Å². The maximum atomic E-state index is 5.89. The van der Waals surface area contributed by atoms with Crippen molar-refractivity contribution in [2.75, 3.05) is 7.11 Å². The Bertz CT molecular complexity index is 917. The van der Waals surface area contributed by atoms with Gasteiger partial charge in [-0.25, -0.2) is 0 Å². The minimum Gasteiger partial charge on any atom is -0.489 e. The van der Waals surface area contributed by atoms with E-state index in [-0.39, 0.29) is 5.92 Å². The van der Waals surface area contributed by atoms with Crippen molar-refractivity contribution in [1.82, 2.24) is 0 Å². The van der Waals surface area contributed by atoms with Gasteiger partial charge in [0.25, 0.3) is 0 Å². The summed E-state index contributed by atoms with van der Waals surface area (Å²) in [7, 11) is 1.62. The number of hydrogen-bond donors (Lipinski definition) is 0. The van der Waals surface area contributed by atoms with Crippen molar-refractivity contribution in [3.63, 3.8) is 0 Å². The Morgan fingerprint density at radius 3 is 2.37 bits per heavy atom. The van der Waals surface area contributed by atoms with E-state index in [0.29, 0.717) is 6.61 Å². The topological polar surface area (TPSA) is 30.8 Å². The number of hydrogen-bond acceptors (Lipinski definition) is 3. The Balaban J connectivity index is 1.45. The summed E-state index contributed by atoms with van der Waals surface area (Å²) < 4.78 is 5.89. The number of fused-ring (bicyclic) bond motifs is 1. The number of ether oxygens (including phenoxy) is 1. The lowest BCUT2D eigenvalue weighted by Crippen LogP contribution is -2.10. The molecule has 1 unspecified atom stereocenters. The van der Waals surface area contributed by atoms with E-state index in [2.05, 4.69) is 53.7 Å². The van der Waals surface area contributed by atoms with Gasteiger partial charge in [-0.3, -0.25) is 0 Å². The second kappa shape index (κ2) is 8.09. The molecule has 1 aliphatic rings. The summed E-state index contributed by atoms with van der Waals surface area (Å²) in [5.74, 6) is 1.16. The van der Waals surface area contributed by atoms with Gasteiger partial charge in [-0.05, 0) is 40.8 Å². The fraction of sp³-hybridized carbons (Fsp3) is 0.208. The first-order valence-corrected chi connectivity index (χ1v) is 9.27. The molecule has 0 aromatic heterocycles. The van der Waals surface area contributed by atoms with Gasteiger partial charge in [0, 0.05) is 12.3 Å². The zero-order valence-corrected chi connectivity index (χ0v) is 15.5. The van der Waals surface area contributed by atoms with Crippen LogP contribution in [0.4, 0.5) is 0 Å². The summed E-state index contributed by atoms with van der Waals surface area (Å²) in [5, 5.41) is 4.29. The molecule has 136 valence electrons. The minimum atomic E-state index is 0.275. The lowest BCUT2D eigenvalue weighted by molar-refractivity contribution is 0.211. The molecule has 27 heavy (non-hydrogen) atoms. The number of nitrogens with zero attached hydrogens (tertiary/aromatic N) is 1. The molecule has 0 bridgehead atoms. The molecule has 0 saturated carbocycles. The van der Waals surface area contributed by atoms with Gasteiger partial charge in [0.15, 0.2) is 0 Å². The standard InChI is InChI=1S/C24H23NO2/c1-26-25-24-16-20-9-5-6-10-22(20)23(24)15-18-11-13-21(14-12-18)27-17-19-7-3-2-4-8-19/h2-14,23H,15-17H2,1H3/b25-24-. The number of rotatable bonds is 6. The number of benzene rings is 3. The monoisotopic (exact) mass is 357 g/mol. The second-order valence-electron chi connectivity index (χ2n) is 6.82. The minimum absolute atomic E-state index is 0.275. The third kappa shape index (κ3) is 4.03. The van der Waals surface area contributed by atoms with E-state index in [4.69, 9.17) is 9.57 Å². The van der Waals surface area contributed by atoms with Crippen molar-refractivity contribution in [2.24, 2.45) is 5.16 Å². The van der Waals surface area contributed by atoms with Crippen molar-refractivity contribution >= 4 is 5.71 Å². The quantitative estimate of drug-likeness (QED) is 0.571. The number of oxime groups is 1. The summed E-state index contributed by atoms with van der Waals surface area (Å²) >= 11 is 0. The van der Waals surface area contributed by atoms with E-state index in [1.165, 1.54) is 22.3 Å². The summed E-state index contributed by atoms with van der Waals surface area (Å²) in [4.78, 5) is 5.09. The van der Waals surface area contributed by atoms with Crippen LogP contribution < -0.4 is 4.74 Å². The summed E-state index contributed by atoms with van der Waals surface area (Å²) in [6.45, 7) is 0.584. The third-order valence-electron chi connectivity index (χ3n) is 5.02. The van der Waals surface area contributed by atoms with Crippen molar-refractivity contribution in [1.29, 1.82) is 0 Å². The van der Waals surface area contributed by atoms with Crippen molar-refractivity contribution in [3.8, 4) is 5.75 Å². The molecule has 0 spiro atoms. The van der Waals surface area contributed by atoms with Gasteiger partial charge in [-0.1, -0.05) is 71.9 Å². The van der Waals surface area contributed by atoms with Crippen molar-refractivity contribution in [3.05, 3.63) is 101 Å². The van der Waals surface area contributed by atoms with Gasteiger partial charge in [-0.2, -0.15) is 0 Å². The fourth-order valence-corrected chi connectivity index (χ4v) is 3.67. The van der Waals surface area contributed by atoms with Crippen LogP contribution in [0.25, 0.3) is 0 Å². The first kappa shape index (κ1) is 17.3. The molecule has 4 rings (SSSR count). The van der Waals surface area contributed by atoms with E-state index in [1.54, 1.807) is 7.11 Å². The largest absolute Gasteiger partial charge is 0.489 e. The van der Waals surface area contributed by atoms with Gasteiger partial charge in [-0.15, -0.1) is 0 Å². The molecule has 0 fully saturated rings. The van der Waals surface area contributed by atoms with E-state index in [0.717, 1.165) is 24.3 Å². The molecule has 0 heterocycles. The first-order valence-electron chi connectivity index (χ1n) is 9.27. The lowest BCUT2D eigenvalue weighted by atomic mass is 9.92. The van der Waals surface area contributed by atoms with Crippen LogP contribution in [0.5, 0.6) is 5.75 Å². The SMILES string of the molecule is CO/N=C1/Cc2ccccc2C1Cc1ccc(OCc2ccccc2)cc1. The van der Waals surface area contributed by atoms with Crippen LogP contribution in [0.2, 0.25) is 0 Å². The maximum absolute atomic E-state index is 5.89. The first-order chi connectivity index (χ1) is 13.3.